The lowest BCUT2D eigenvalue weighted by atomic mass is 9.92. The molecule has 2 aromatic rings. The first-order chi connectivity index (χ1) is 17.5. The Labute approximate surface area is 214 Å². The molecule has 36 heavy (non-hydrogen) atoms. The number of ether oxygens (including phenoxy) is 1. The number of aliphatic carboxylic acids is 1. The highest BCUT2D eigenvalue weighted by atomic mass is 16.5. The molecule has 0 bridgehead atoms. The number of aromatic hydroxyl groups is 1. The van der Waals surface area contributed by atoms with Gasteiger partial charge in [0.2, 0.25) is 0 Å². The smallest absolute Gasteiger partial charge is 0.303 e. The lowest BCUT2D eigenvalue weighted by molar-refractivity contribution is -0.136. The van der Waals surface area contributed by atoms with Crippen molar-refractivity contribution in [1.82, 2.24) is 4.90 Å². The Bertz CT molecular complexity index is 981. The van der Waals surface area contributed by atoms with Gasteiger partial charge in [0.1, 0.15) is 5.75 Å². The second-order valence-electron chi connectivity index (χ2n) is 10.1. The summed E-state index contributed by atoms with van der Waals surface area (Å²) in [6.45, 7) is 2.58. The van der Waals surface area contributed by atoms with Gasteiger partial charge in [0.15, 0.2) is 0 Å². The van der Waals surface area contributed by atoms with Crippen molar-refractivity contribution < 1.29 is 24.9 Å². The molecule has 2 fully saturated rings. The fourth-order valence-electron chi connectivity index (χ4n) is 5.72. The van der Waals surface area contributed by atoms with Crippen LogP contribution in [0.2, 0.25) is 0 Å². The zero-order valence-corrected chi connectivity index (χ0v) is 21.0. The number of carboxylic acid groups (broad SMARTS) is 1. The first-order valence-corrected chi connectivity index (χ1v) is 13.3. The number of aliphatic hydroxyl groups is 1. The van der Waals surface area contributed by atoms with Gasteiger partial charge in [0.25, 0.3) is 0 Å². The third kappa shape index (κ3) is 7.19. The molecule has 6 heteroatoms. The maximum atomic E-state index is 11.0. The van der Waals surface area contributed by atoms with Crippen molar-refractivity contribution in [2.45, 2.75) is 76.2 Å². The SMILES string of the molecule is O=C(O)CC/C=C\CC[C@@H]1[C@@H](N2CCCCC2)[C@@H](O)C[C@@H]1OCc1ccc(-c2ccc(O)cc2)cc1. The molecule has 4 rings (SSSR count). The van der Waals surface area contributed by atoms with Crippen molar-refractivity contribution in [2.75, 3.05) is 13.1 Å². The van der Waals surface area contributed by atoms with Crippen LogP contribution >= 0.6 is 0 Å². The normalized spacial score (nSPS) is 24.9. The molecular weight excluding hydrogens is 454 g/mol. The molecule has 0 aromatic heterocycles. The Morgan fingerprint density at radius 2 is 1.58 bits per heavy atom. The summed E-state index contributed by atoms with van der Waals surface area (Å²) in [6, 6.07) is 15.6. The van der Waals surface area contributed by atoms with E-state index < -0.39 is 5.97 Å². The highest BCUT2D eigenvalue weighted by molar-refractivity contribution is 5.66. The number of hydrogen-bond acceptors (Lipinski definition) is 5. The largest absolute Gasteiger partial charge is 0.508 e. The summed E-state index contributed by atoms with van der Waals surface area (Å²) in [6.07, 6.45) is 10.4. The summed E-state index contributed by atoms with van der Waals surface area (Å²) < 4.78 is 6.44. The van der Waals surface area contributed by atoms with Gasteiger partial charge in [0.05, 0.1) is 18.8 Å². The van der Waals surface area contributed by atoms with Crippen molar-refractivity contribution in [3.8, 4) is 16.9 Å². The minimum atomic E-state index is -0.770. The third-order valence-electron chi connectivity index (χ3n) is 7.57. The first-order valence-electron chi connectivity index (χ1n) is 13.3. The van der Waals surface area contributed by atoms with Gasteiger partial charge in [0, 0.05) is 24.8 Å². The molecule has 0 unspecified atom stereocenters. The van der Waals surface area contributed by atoms with E-state index in [1.165, 1.54) is 19.3 Å². The van der Waals surface area contributed by atoms with E-state index in [0.717, 1.165) is 42.6 Å². The molecule has 194 valence electrons. The van der Waals surface area contributed by atoms with Gasteiger partial charge >= 0.3 is 5.97 Å². The van der Waals surface area contributed by atoms with E-state index in [2.05, 4.69) is 35.2 Å². The minimum absolute atomic E-state index is 0.00359. The van der Waals surface area contributed by atoms with Gasteiger partial charge in [-0.05, 0) is 74.0 Å². The second kappa shape index (κ2) is 13.0. The number of rotatable bonds is 11. The molecule has 1 aliphatic heterocycles. The third-order valence-corrected chi connectivity index (χ3v) is 7.57. The van der Waals surface area contributed by atoms with Crippen LogP contribution in [0.3, 0.4) is 0 Å². The predicted octanol–water partition coefficient (Wildman–Crippen LogP) is 5.38. The van der Waals surface area contributed by atoms with E-state index in [-0.39, 0.29) is 36.3 Å². The van der Waals surface area contributed by atoms with E-state index in [1.54, 1.807) is 12.1 Å². The Kier molecular flexibility index (Phi) is 9.56. The number of aliphatic hydroxyl groups excluding tert-OH is 1. The highest BCUT2D eigenvalue weighted by Gasteiger charge is 2.45. The number of allylic oxidation sites excluding steroid dienone is 2. The molecule has 1 saturated heterocycles. The Hall–Kier alpha value is -2.67. The van der Waals surface area contributed by atoms with Crippen LogP contribution in [0.15, 0.2) is 60.7 Å². The van der Waals surface area contributed by atoms with Crippen LogP contribution in [-0.4, -0.2) is 57.5 Å². The zero-order chi connectivity index (χ0) is 25.3. The maximum absolute atomic E-state index is 11.0. The van der Waals surface area contributed by atoms with E-state index in [1.807, 2.05) is 18.2 Å². The summed E-state index contributed by atoms with van der Waals surface area (Å²) in [5.41, 5.74) is 3.24. The number of carbonyl (C=O) groups is 1. The maximum Gasteiger partial charge on any atom is 0.303 e. The van der Waals surface area contributed by atoms with Gasteiger partial charge in [-0.1, -0.05) is 55.0 Å². The van der Waals surface area contributed by atoms with Crippen LogP contribution in [0.4, 0.5) is 0 Å². The van der Waals surface area contributed by atoms with Crippen molar-refractivity contribution >= 4 is 5.97 Å². The minimum Gasteiger partial charge on any atom is -0.508 e. The van der Waals surface area contributed by atoms with Crippen LogP contribution < -0.4 is 0 Å². The topological polar surface area (TPSA) is 90.2 Å². The van der Waals surface area contributed by atoms with Crippen molar-refractivity contribution in [3.05, 3.63) is 66.2 Å². The molecule has 0 radical (unpaired) electrons. The van der Waals surface area contributed by atoms with Crippen LogP contribution in [0.5, 0.6) is 5.75 Å². The fraction of sp³-hybridized carbons (Fsp3) is 0.500. The van der Waals surface area contributed by atoms with E-state index in [0.29, 0.717) is 19.4 Å². The van der Waals surface area contributed by atoms with Crippen molar-refractivity contribution in [3.63, 3.8) is 0 Å². The van der Waals surface area contributed by atoms with Gasteiger partial charge in [-0.15, -0.1) is 0 Å². The van der Waals surface area contributed by atoms with Crippen molar-refractivity contribution in [1.29, 1.82) is 0 Å². The number of piperidine rings is 1. The van der Waals surface area contributed by atoms with Gasteiger partial charge in [-0.2, -0.15) is 0 Å². The summed E-state index contributed by atoms with van der Waals surface area (Å²) in [5.74, 6) is -0.262. The van der Waals surface area contributed by atoms with Crippen LogP contribution in [0.25, 0.3) is 11.1 Å². The van der Waals surface area contributed by atoms with E-state index >= 15 is 0 Å². The monoisotopic (exact) mass is 493 g/mol. The molecule has 2 aromatic carbocycles. The first kappa shape index (κ1) is 26.4. The Morgan fingerprint density at radius 3 is 2.25 bits per heavy atom. The van der Waals surface area contributed by atoms with Gasteiger partial charge in [-0.25, -0.2) is 0 Å². The number of benzene rings is 2. The van der Waals surface area contributed by atoms with E-state index in [9.17, 15) is 15.0 Å². The number of phenols is 1. The Morgan fingerprint density at radius 1 is 0.944 bits per heavy atom. The summed E-state index contributed by atoms with van der Waals surface area (Å²) >= 11 is 0. The number of nitrogens with zero attached hydrogens (tertiary/aromatic N) is 1. The Balaban J connectivity index is 1.38. The highest BCUT2D eigenvalue weighted by Crippen LogP contribution is 2.38. The molecule has 0 amide bonds. The zero-order valence-electron chi connectivity index (χ0n) is 21.0. The van der Waals surface area contributed by atoms with Crippen LogP contribution in [-0.2, 0) is 16.1 Å². The predicted molar refractivity (Wildman–Crippen MR) is 141 cm³/mol. The summed E-state index contributed by atoms with van der Waals surface area (Å²) in [4.78, 5) is 13.2. The fourth-order valence-corrected chi connectivity index (χ4v) is 5.72. The van der Waals surface area contributed by atoms with Crippen LogP contribution in [0, 0.1) is 5.92 Å². The van der Waals surface area contributed by atoms with Crippen LogP contribution in [0.1, 0.15) is 56.9 Å². The lowest BCUT2D eigenvalue weighted by Crippen LogP contribution is -2.47. The molecule has 1 saturated carbocycles. The molecule has 4 atom stereocenters. The summed E-state index contributed by atoms with van der Waals surface area (Å²) in [7, 11) is 0. The number of phenolic OH excluding ortho intramolecular Hbond substituents is 1. The standard InChI is InChI=1S/C30H39NO5/c32-25-16-14-24(15-17-25)23-12-10-22(11-13-23)21-36-28-20-27(33)30(31-18-6-3-7-19-31)26(28)8-4-1-2-5-9-29(34)35/h1-2,10-17,26-28,30,32-33H,3-9,18-21H2,(H,34,35)/b2-1-/t26-,27-,28-,30+/m0/s1. The number of hydrogen-bond donors (Lipinski definition) is 3. The molecule has 3 N–H and O–H groups in total. The molecular formula is C30H39NO5. The molecule has 1 aliphatic carbocycles. The molecule has 6 nitrogen and oxygen atoms in total. The van der Waals surface area contributed by atoms with Gasteiger partial charge in [-0.3, -0.25) is 9.69 Å². The average Bonchev–Trinajstić information content (AvgIpc) is 3.20. The molecule has 0 spiro atoms. The van der Waals surface area contributed by atoms with Crippen molar-refractivity contribution in [2.24, 2.45) is 5.92 Å². The molecule has 2 aliphatic rings. The quantitative estimate of drug-likeness (QED) is 0.364. The average molecular weight is 494 g/mol. The summed E-state index contributed by atoms with van der Waals surface area (Å²) in [5, 5.41) is 29.4. The second-order valence-corrected chi connectivity index (χ2v) is 10.1. The number of likely N-dealkylation sites (tertiary alicyclic amines) is 1. The number of carboxylic acids is 1. The lowest BCUT2D eigenvalue weighted by Gasteiger charge is -2.38. The van der Waals surface area contributed by atoms with Gasteiger partial charge < -0.3 is 20.1 Å². The molecule has 1 heterocycles. The van der Waals surface area contributed by atoms with E-state index in [4.69, 9.17) is 9.84 Å².